The second-order valence-electron chi connectivity index (χ2n) is 7.01. The second kappa shape index (κ2) is 7.97. The Morgan fingerprint density at radius 2 is 2.12 bits per heavy atom. The molecule has 2 saturated heterocycles. The quantitative estimate of drug-likeness (QED) is 0.903. The zero-order chi connectivity index (χ0) is 17.8. The lowest BCUT2D eigenvalue weighted by Gasteiger charge is -2.32. The molecule has 0 unspecified atom stereocenters. The van der Waals surface area contributed by atoms with Gasteiger partial charge in [0.25, 0.3) is 5.91 Å². The van der Waals surface area contributed by atoms with Gasteiger partial charge in [-0.3, -0.25) is 14.8 Å². The SMILES string of the molecule is O=C(c1cccc([C@@H]2CCCN(Cc3ccn[nH]3)C2)n1)N1CCOCC1. The number of ether oxygens (including phenoxy) is 1. The van der Waals surface area contributed by atoms with Crippen molar-refractivity contribution in [1.29, 1.82) is 0 Å². The molecule has 26 heavy (non-hydrogen) atoms. The van der Waals surface area contributed by atoms with Crippen LogP contribution >= 0.6 is 0 Å². The van der Waals surface area contributed by atoms with Gasteiger partial charge in [-0.15, -0.1) is 0 Å². The van der Waals surface area contributed by atoms with E-state index in [0.717, 1.165) is 43.9 Å². The number of aromatic nitrogens is 3. The lowest BCUT2D eigenvalue weighted by molar-refractivity contribution is 0.0298. The third-order valence-electron chi connectivity index (χ3n) is 5.16. The van der Waals surface area contributed by atoms with Crippen LogP contribution < -0.4 is 0 Å². The number of H-pyrrole nitrogens is 1. The van der Waals surface area contributed by atoms with Crippen LogP contribution in [0, 0.1) is 0 Å². The summed E-state index contributed by atoms with van der Waals surface area (Å²) >= 11 is 0. The Bertz CT molecular complexity index is 727. The Labute approximate surface area is 153 Å². The average Bonchev–Trinajstić information content (AvgIpc) is 3.21. The topological polar surface area (TPSA) is 74.4 Å². The van der Waals surface area contributed by atoms with Crippen molar-refractivity contribution >= 4 is 5.91 Å². The van der Waals surface area contributed by atoms with Gasteiger partial charge >= 0.3 is 0 Å². The molecular formula is C19H25N5O2. The highest BCUT2D eigenvalue weighted by Crippen LogP contribution is 2.26. The van der Waals surface area contributed by atoms with Crippen molar-refractivity contribution < 1.29 is 9.53 Å². The fourth-order valence-electron chi connectivity index (χ4n) is 3.78. The zero-order valence-corrected chi connectivity index (χ0v) is 14.9. The first kappa shape index (κ1) is 17.2. The normalized spacial score (nSPS) is 21.7. The van der Waals surface area contributed by atoms with Crippen LogP contribution in [0.2, 0.25) is 0 Å². The van der Waals surface area contributed by atoms with Crippen molar-refractivity contribution in [2.24, 2.45) is 0 Å². The van der Waals surface area contributed by atoms with Gasteiger partial charge < -0.3 is 9.64 Å². The minimum absolute atomic E-state index is 0.0141. The van der Waals surface area contributed by atoms with E-state index in [-0.39, 0.29) is 5.91 Å². The number of carbonyl (C=O) groups excluding carboxylic acids is 1. The highest BCUT2D eigenvalue weighted by Gasteiger charge is 2.25. The third kappa shape index (κ3) is 3.94. The number of nitrogens with one attached hydrogen (secondary N) is 1. The molecular weight excluding hydrogens is 330 g/mol. The Morgan fingerprint density at radius 1 is 1.23 bits per heavy atom. The van der Waals surface area contributed by atoms with Crippen molar-refractivity contribution in [2.75, 3.05) is 39.4 Å². The molecule has 0 aliphatic carbocycles. The van der Waals surface area contributed by atoms with Crippen LogP contribution in [0.15, 0.2) is 30.5 Å². The van der Waals surface area contributed by atoms with Crippen LogP contribution in [0.4, 0.5) is 0 Å². The molecule has 0 saturated carbocycles. The first-order chi connectivity index (χ1) is 12.8. The van der Waals surface area contributed by atoms with Crippen molar-refractivity contribution in [1.82, 2.24) is 25.0 Å². The van der Waals surface area contributed by atoms with E-state index in [1.54, 1.807) is 6.20 Å². The van der Waals surface area contributed by atoms with E-state index < -0.39 is 0 Å². The first-order valence-electron chi connectivity index (χ1n) is 9.34. The summed E-state index contributed by atoms with van der Waals surface area (Å²) in [7, 11) is 0. The fraction of sp³-hybridized carbons (Fsp3) is 0.526. The van der Waals surface area contributed by atoms with Gasteiger partial charge in [-0.1, -0.05) is 6.07 Å². The number of pyridine rings is 1. The van der Waals surface area contributed by atoms with Gasteiger partial charge in [0, 0.05) is 49.7 Å². The first-order valence-corrected chi connectivity index (χ1v) is 9.34. The number of morpholine rings is 1. The molecule has 138 valence electrons. The molecule has 7 nitrogen and oxygen atoms in total. The van der Waals surface area contributed by atoms with Crippen LogP contribution in [0.5, 0.6) is 0 Å². The minimum atomic E-state index is 0.0141. The van der Waals surface area contributed by atoms with Gasteiger partial charge in [-0.2, -0.15) is 5.10 Å². The molecule has 0 aromatic carbocycles. The molecule has 4 rings (SSSR count). The lowest BCUT2D eigenvalue weighted by Crippen LogP contribution is -2.41. The van der Waals surface area contributed by atoms with E-state index in [0.29, 0.717) is 37.9 Å². The zero-order valence-electron chi connectivity index (χ0n) is 14.9. The number of hydrogen-bond donors (Lipinski definition) is 1. The number of rotatable bonds is 4. The molecule has 1 atom stereocenters. The predicted octanol–water partition coefficient (Wildman–Crippen LogP) is 1.66. The van der Waals surface area contributed by atoms with Crippen LogP contribution in [-0.2, 0) is 11.3 Å². The summed E-state index contributed by atoms with van der Waals surface area (Å²) in [6, 6.07) is 7.86. The third-order valence-corrected chi connectivity index (χ3v) is 5.16. The van der Waals surface area contributed by atoms with Crippen LogP contribution in [-0.4, -0.2) is 70.3 Å². The summed E-state index contributed by atoms with van der Waals surface area (Å²) in [6.45, 7) is 5.43. The van der Waals surface area contributed by atoms with Gasteiger partial charge in [0.05, 0.1) is 13.2 Å². The van der Waals surface area contributed by atoms with E-state index in [2.05, 4.69) is 21.2 Å². The molecule has 1 N–H and O–H groups in total. The number of carbonyl (C=O) groups is 1. The number of piperidine rings is 1. The maximum Gasteiger partial charge on any atom is 0.272 e. The maximum absolute atomic E-state index is 12.7. The standard InChI is InChI=1S/C19H25N5O2/c25-19(24-9-11-26-12-10-24)18-5-1-4-17(21-18)15-3-2-8-23(13-15)14-16-6-7-20-22-16/h1,4-7,15H,2-3,8-14H2,(H,20,22)/t15-/m1/s1. The molecule has 2 aromatic rings. The van der Waals surface area contributed by atoms with Crippen molar-refractivity contribution in [3.05, 3.63) is 47.5 Å². The smallest absolute Gasteiger partial charge is 0.272 e. The Morgan fingerprint density at radius 3 is 2.92 bits per heavy atom. The van der Waals surface area contributed by atoms with Gasteiger partial charge in [0.2, 0.25) is 0 Å². The number of aromatic amines is 1. The number of nitrogens with zero attached hydrogens (tertiary/aromatic N) is 4. The number of likely N-dealkylation sites (tertiary alicyclic amines) is 1. The summed E-state index contributed by atoms with van der Waals surface area (Å²) in [5.74, 6) is 0.379. The van der Waals surface area contributed by atoms with Gasteiger partial charge in [0.15, 0.2) is 0 Å². The Kier molecular flexibility index (Phi) is 5.26. The number of amides is 1. The summed E-state index contributed by atoms with van der Waals surface area (Å²) < 4.78 is 5.33. The Hall–Kier alpha value is -2.25. The van der Waals surface area contributed by atoms with E-state index in [4.69, 9.17) is 9.72 Å². The van der Waals surface area contributed by atoms with E-state index in [9.17, 15) is 4.79 Å². The van der Waals surface area contributed by atoms with Crippen LogP contribution in [0.25, 0.3) is 0 Å². The Balaban J connectivity index is 1.44. The summed E-state index contributed by atoms with van der Waals surface area (Å²) in [5.41, 5.74) is 2.71. The number of hydrogen-bond acceptors (Lipinski definition) is 5. The summed E-state index contributed by atoms with van der Waals surface area (Å²) in [6.07, 6.45) is 4.04. The molecule has 0 spiro atoms. The lowest BCUT2D eigenvalue weighted by atomic mass is 9.94. The molecule has 2 aliphatic heterocycles. The highest BCUT2D eigenvalue weighted by atomic mass is 16.5. The highest BCUT2D eigenvalue weighted by molar-refractivity contribution is 5.92. The van der Waals surface area contributed by atoms with E-state index in [1.807, 2.05) is 23.1 Å². The van der Waals surface area contributed by atoms with Crippen LogP contribution in [0.3, 0.4) is 0 Å². The van der Waals surface area contributed by atoms with Gasteiger partial charge in [-0.05, 0) is 37.6 Å². The average molecular weight is 355 g/mol. The molecule has 2 aliphatic rings. The summed E-state index contributed by atoms with van der Waals surface area (Å²) in [5, 5.41) is 7.06. The fourth-order valence-corrected chi connectivity index (χ4v) is 3.78. The molecule has 2 aromatic heterocycles. The largest absolute Gasteiger partial charge is 0.378 e. The minimum Gasteiger partial charge on any atom is -0.378 e. The molecule has 0 radical (unpaired) electrons. The molecule has 2 fully saturated rings. The van der Waals surface area contributed by atoms with E-state index >= 15 is 0 Å². The van der Waals surface area contributed by atoms with Crippen LogP contribution in [0.1, 0.15) is 40.6 Å². The molecule has 0 bridgehead atoms. The van der Waals surface area contributed by atoms with Crippen molar-refractivity contribution in [3.63, 3.8) is 0 Å². The molecule has 7 heteroatoms. The maximum atomic E-state index is 12.7. The predicted molar refractivity (Wildman–Crippen MR) is 96.8 cm³/mol. The molecule has 4 heterocycles. The van der Waals surface area contributed by atoms with Crippen molar-refractivity contribution in [3.8, 4) is 0 Å². The van der Waals surface area contributed by atoms with Gasteiger partial charge in [0.1, 0.15) is 5.69 Å². The molecule has 1 amide bonds. The van der Waals surface area contributed by atoms with E-state index in [1.165, 1.54) is 0 Å². The summed E-state index contributed by atoms with van der Waals surface area (Å²) in [4.78, 5) is 21.7. The monoisotopic (exact) mass is 355 g/mol. The van der Waals surface area contributed by atoms with Gasteiger partial charge in [-0.25, -0.2) is 4.98 Å². The van der Waals surface area contributed by atoms with Crippen molar-refractivity contribution in [2.45, 2.75) is 25.3 Å². The second-order valence-corrected chi connectivity index (χ2v) is 7.01.